The lowest BCUT2D eigenvalue weighted by Crippen LogP contribution is -2.34. The molecule has 0 amide bonds. The first-order valence-electron chi connectivity index (χ1n) is 8.41. The molecule has 0 aliphatic carbocycles. The van der Waals surface area contributed by atoms with Gasteiger partial charge in [0.15, 0.2) is 0 Å². The number of hydrogen-bond acceptors (Lipinski definition) is 3. The molecule has 1 atom stereocenters. The SMILES string of the molecule is Cc1ccc(CN2CCC[C@H](c3[nH]ncc3CC(C)C)C2)s1. The number of nitrogens with one attached hydrogen (secondary N) is 1. The Morgan fingerprint density at radius 2 is 2.27 bits per heavy atom. The van der Waals surface area contributed by atoms with E-state index >= 15 is 0 Å². The van der Waals surface area contributed by atoms with Crippen LogP contribution in [-0.2, 0) is 13.0 Å². The van der Waals surface area contributed by atoms with Crippen LogP contribution in [0, 0.1) is 12.8 Å². The van der Waals surface area contributed by atoms with Gasteiger partial charge in [-0.3, -0.25) is 10.00 Å². The molecule has 3 heterocycles. The first kappa shape index (κ1) is 15.8. The largest absolute Gasteiger partial charge is 0.298 e. The predicted octanol–water partition coefficient (Wildman–Crippen LogP) is 4.36. The summed E-state index contributed by atoms with van der Waals surface area (Å²) in [6.45, 7) is 10.2. The second kappa shape index (κ2) is 6.97. The summed E-state index contributed by atoms with van der Waals surface area (Å²) in [7, 11) is 0. The molecule has 0 bridgehead atoms. The van der Waals surface area contributed by atoms with E-state index in [9.17, 15) is 0 Å². The third-order valence-electron chi connectivity index (χ3n) is 4.47. The molecular formula is C18H27N3S. The summed E-state index contributed by atoms with van der Waals surface area (Å²) < 4.78 is 0. The van der Waals surface area contributed by atoms with E-state index < -0.39 is 0 Å². The maximum absolute atomic E-state index is 4.32. The van der Waals surface area contributed by atoms with Gasteiger partial charge in [0, 0.05) is 34.5 Å². The van der Waals surface area contributed by atoms with Crippen LogP contribution in [0.4, 0.5) is 0 Å². The standard InChI is InChI=1S/C18H27N3S/c1-13(2)9-16-10-19-20-18(16)15-5-4-8-21(11-15)12-17-7-6-14(3)22-17/h6-7,10,13,15H,4-5,8-9,11-12H2,1-3H3,(H,19,20)/t15-/m0/s1. The van der Waals surface area contributed by atoms with Gasteiger partial charge >= 0.3 is 0 Å². The molecule has 2 aromatic heterocycles. The molecule has 22 heavy (non-hydrogen) atoms. The monoisotopic (exact) mass is 317 g/mol. The van der Waals surface area contributed by atoms with Crippen LogP contribution >= 0.6 is 11.3 Å². The molecule has 0 spiro atoms. The van der Waals surface area contributed by atoms with Gasteiger partial charge in [0.1, 0.15) is 0 Å². The van der Waals surface area contributed by atoms with Gasteiger partial charge in [-0.1, -0.05) is 13.8 Å². The van der Waals surface area contributed by atoms with Crippen LogP contribution in [0.2, 0.25) is 0 Å². The van der Waals surface area contributed by atoms with Gasteiger partial charge in [-0.05, 0) is 56.3 Å². The van der Waals surface area contributed by atoms with Gasteiger partial charge in [-0.15, -0.1) is 11.3 Å². The topological polar surface area (TPSA) is 31.9 Å². The maximum Gasteiger partial charge on any atom is 0.0522 e. The maximum atomic E-state index is 4.32. The van der Waals surface area contributed by atoms with Crippen molar-refractivity contribution in [1.29, 1.82) is 0 Å². The van der Waals surface area contributed by atoms with Crippen molar-refractivity contribution in [3.8, 4) is 0 Å². The average Bonchev–Trinajstić information content (AvgIpc) is 3.08. The number of aryl methyl sites for hydroxylation is 1. The van der Waals surface area contributed by atoms with Gasteiger partial charge < -0.3 is 0 Å². The van der Waals surface area contributed by atoms with Crippen molar-refractivity contribution >= 4 is 11.3 Å². The molecule has 1 saturated heterocycles. The van der Waals surface area contributed by atoms with Crippen LogP contribution in [0.3, 0.4) is 0 Å². The summed E-state index contributed by atoms with van der Waals surface area (Å²) in [5.41, 5.74) is 2.81. The van der Waals surface area contributed by atoms with Gasteiger partial charge in [0.05, 0.1) is 6.20 Å². The molecule has 120 valence electrons. The molecule has 0 radical (unpaired) electrons. The van der Waals surface area contributed by atoms with Crippen LogP contribution < -0.4 is 0 Å². The Morgan fingerprint density at radius 1 is 1.41 bits per heavy atom. The second-order valence-corrected chi connectivity index (χ2v) is 8.37. The Balaban J connectivity index is 1.66. The minimum absolute atomic E-state index is 0.617. The van der Waals surface area contributed by atoms with Crippen molar-refractivity contribution in [1.82, 2.24) is 15.1 Å². The van der Waals surface area contributed by atoms with E-state index in [1.165, 1.54) is 40.4 Å². The van der Waals surface area contributed by atoms with Crippen molar-refractivity contribution in [3.05, 3.63) is 39.3 Å². The number of nitrogens with zero attached hydrogens (tertiary/aromatic N) is 2. The molecule has 0 saturated carbocycles. The van der Waals surface area contributed by atoms with E-state index in [2.05, 4.69) is 48.0 Å². The summed E-state index contributed by atoms with van der Waals surface area (Å²) in [6, 6.07) is 4.51. The number of piperidine rings is 1. The third kappa shape index (κ3) is 3.79. The molecule has 1 aliphatic rings. The van der Waals surface area contributed by atoms with Crippen LogP contribution in [0.1, 0.15) is 53.6 Å². The Hall–Kier alpha value is -1.13. The summed E-state index contributed by atoms with van der Waals surface area (Å²) in [4.78, 5) is 5.51. The molecule has 1 N–H and O–H groups in total. The lowest BCUT2D eigenvalue weighted by molar-refractivity contribution is 0.199. The van der Waals surface area contributed by atoms with Crippen LogP contribution in [0.5, 0.6) is 0 Å². The summed E-state index contributed by atoms with van der Waals surface area (Å²) in [6.07, 6.45) is 5.74. The van der Waals surface area contributed by atoms with E-state index in [0.29, 0.717) is 11.8 Å². The van der Waals surface area contributed by atoms with Crippen molar-refractivity contribution in [2.24, 2.45) is 5.92 Å². The Labute approximate surface area is 137 Å². The van der Waals surface area contributed by atoms with Gasteiger partial charge in [-0.2, -0.15) is 5.10 Å². The number of thiophene rings is 1. The van der Waals surface area contributed by atoms with E-state index in [-0.39, 0.29) is 0 Å². The van der Waals surface area contributed by atoms with Crippen LogP contribution in [0.15, 0.2) is 18.3 Å². The smallest absolute Gasteiger partial charge is 0.0522 e. The minimum Gasteiger partial charge on any atom is -0.298 e. The Kier molecular flexibility index (Phi) is 4.99. The molecule has 0 unspecified atom stereocenters. The molecule has 3 nitrogen and oxygen atoms in total. The fraction of sp³-hybridized carbons (Fsp3) is 0.611. The number of rotatable bonds is 5. The van der Waals surface area contributed by atoms with Gasteiger partial charge in [0.2, 0.25) is 0 Å². The summed E-state index contributed by atoms with van der Waals surface area (Å²) in [5.74, 6) is 1.30. The second-order valence-electron chi connectivity index (χ2n) is 6.99. The zero-order chi connectivity index (χ0) is 15.5. The predicted molar refractivity (Wildman–Crippen MR) is 93.4 cm³/mol. The van der Waals surface area contributed by atoms with E-state index in [1.54, 1.807) is 0 Å². The lowest BCUT2D eigenvalue weighted by atomic mass is 9.90. The number of hydrogen-bond donors (Lipinski definition) is 1. The highest BCUT2D eigenvalue weighted by Crippen LogP contribution is 2.30. The zero-order valence-electron chi connectivity index (χ0n) is 13.9. The van der Waals surface area contributed by atoms with Crippen molar-refractivity contribution in [3.63, 3.8) is 0 Å². The molecule has 1 fully saturated rings. The van der Waals surface area contributed by atoms with E-state index in [0.717, 1.165) is 19.5 Å². The molecule has 0 aromatic carbocycles. The molecule has 3 rings (SSSR count). The highest BCUT2D eigenvalue weighted by Gasteiger charge is 2.25. The van der Waals surface area contributed by atoms with Gasteiger partial charge in [-0.25, -0.2) is 0 Å². The van der Waals surface area contributed by atoms with Crippen LogP contribution in [-0.4, -0.2) is 28.2 Å². The quantitative estimate of drug-likeness (QED) is 0.888. The number of aromatic amines is 1. The zero-order valence-corrected chi connectivity index (χ0v) is 14.7. The van der Waals surface area contributed by atoms with Crippen molar-refractivity contribution in [2.75, 3.05) is 13.1 Å². The number of H-pyrrole nitrogens is 1. The first-order valence-corrected chi connectivity index (χ1v) is 9.23. The summed E-state index contributed by atoms with van der Waals surface area (Å²) >= 11 is 1.93. The average molecular weight is 318 g/mol. The fourth-order valence-corrected chi connectivity index (χ4v) is 4.44. The highest BCUT2D eigenvalue weighted by atomic mass is 32.1. The van der Waals surface area contributed by atoms with Gasteiger partial charge in [0.25, 0.3) is 0 Å². The van der Waals surface area contributed by atoms with Crippen LogP contribution in [0.25, 0.3) is 0 Å². The van der Waals surface area contributed by atoms with E-state index in [1.807, 2.05) is 17.5 Å². The lowest BCUT2D eigenvalue weighted by Gasteiger charge is -2.32. The molecule has 2 aromatic rings. The highest BCUT2D eigenvalue weighted by molar-refractivity contribution is 7.11. The normalized spacial score (nSPS) is 19.9. The third-order valence-corrected chi connectivity index (χ3v) is 5.45. The summed E-state index contributed by atoms with van der Waals surface area (Å²) in [5, 5.41) is 7.62. The fourth-order valence-electron chi connectivity index (χ4n) is 3.50. The van der Waals surface area contributed by atoms with E-state index in [4.69, 9.17) is 0 Å². The Bertz CT molecular complexity index is 599. The van der Waals surface area contributed by atoms with Crippen molar-refractivity contribution in [2.45, 2.75) is 52.5 Å². The molecule has 1 aliphatic heterocycles. The number of likely N-dealkylation sites (tertiary alicyclic amines) is 1. The number of aromatic nitrogens is 2. The molecular weight excluding hydrogens is 290 g/mol. The first-order chi connectivity index (χ1) is 10.6. The Morgan fingerprint density at radius 3 is 3.00 bits per heavy atom. The van der Waals surface area contributed by atoms with Crippen molar-refractivity contribution < 1.29 is 0 Å². The molecule has 4 heteroatoms. The minimum atomic E-state index is 0.617.